The Hall–Kier alpha value is -2.67. The zero-order chi connectivity index (χ0) is 16.8. The highest BCUT2D eigenvalue weighted by Crippen LogP contribution is 2.34. The molecular weight excluding hydrogens is 290 g/mol. The van der Waals surface area contributed by atoms with Crippen LogP contribution >= 0.6 is 0 Å². The van der Waals surface area contributed by atoms with Crippen molar-refractivity contribution in [3.8, 4) is 0 Å². The lowest BCUT2D eigenvalue weighted by Crippen LogP contribution is -2.29. The van der Waals surface area contributed by atoms with Gasteiger partial charge in [0.25, 0.3) is 0 Å². The first-order valence-electron chi connectivity index (χ1n) is 8.39. The van der Waals surface area contributed by atoms with Gasteiger partial charge >= 0.3 is 0 Å². The summed E-state index contributed by atoms with van der Waals surface area (Å²) >= 11 is 0. The quantitative estimate of drug-likeness (QED) is 0.587. The Morgan fingerprint density at radius 3 is 1.67 bits per heavy atom. The van der Waals surface area contributed by atoms with Gasteiger partial charge in [0.1, 0.15) is 0 Å². The Balaban J connectivity index is 2.04. The molecule has 120 valence electrons. The van der Waals surface area contributed by atoms with Crippen molar-refractivity contribution in [3.05, 3.63) is 107 Å². The average molecular weight is 313 g/mol. The van der Waals surface area contributed by atoms with Crippen LogP contribution in [0.3, 0.4) is 0 Å². The Labute approximate surface area is 144 Å². The van der Waals surface area contributed by atoms with Gasteiger partial charge in [-0.15, -0.1) is 0 Å². The van der Waals surface area contributed by atoms with Crippen LogP contribution in [0, 0.1) is 5.41 Å². The fourth-order valence-corrected chi connectivity index (χ4v) is 3.52. The van der Waals surface area contributed by atoms with Gasteiger partial charge in [0.2, 0.25) is 0 Å². The van der Waals surface area contributed by atoms with Crippen molar-refractivity contribution in [1.29, 1.82) is 5.41 Å². The van der Waals surface area contributed by atoms with Crippen LogP contribution in [-0.4, -0.2) is 6.21 Å². The molecular formula is C23H23N. The summed E-state index contributed by atoms with van der Waals surface area (Å²) in [5, 5.41) is 7.80. The highest BCUT2D eigenvalue weighted by molar-refractivity contribution is 5.80. The van der Waals surface area contributed by atoms with Gasteiger partial charge in [-0.25, -0.2) is 0 Å². The van der Waals surface area contributed by atoms with E-state index in [9.17, 15) is 0 Å². The van der Waals surface area contributed by atoms with Gasteiger partial charge in [0.05, 0.1) is 0 Å². The van der Waals surface area contributed by atoms with Gasteiger partial charge in [-0.3, -0.25) is 0 Å². The molecule has 3 aromatic carbocycles. The van der Waals surface area contributed by atoms with Gasteiger partial charge in [0.15, 0.2) is 0 Å². The molecule has 24 heavy (non-hydrogen) atoms. The van der Waals surface area contributed by atoms with Gasteiger partial charge in [-0.1, -0.05) is 91.9 Å². The van der Waals surface area contributed by atoms with Crippen LogP contribution in [0.2, 0.25) is 0 Å². The summed E-state index contributed by atoms with van der Waals surface area (Å²) in [5.74, 6) is 0. The van der Waals surface area contributed by atoms with E-state index < -0.39 is 0 Å². The first-order valence-corrected chi connectivity index (χ1v) is 8.39. The second-order valence-corrected chi connectivity index (χ2v) is 6.62. The molecule has 0 saturated heterocycles. The molecule has 0 aliphatic heterocycles. The maximum Gasteiger partial charge on any atom is 0.0253 e. The third kappa shape index (κ3) is 3.62. The number of rotatable bonds is 6. The maximum atomic E-state index is 7.80. The van der Waals surface area contributed by atoms with E-state index in [0.717, 1.165) is 18.4 Å². The Morgan fingerprint density at radius 2 is 1.17 bits per heavy atom. The number of hydrogen-bond donors (Lipinski definition) is 1. The smallest absolute Gasteiger partial charge is 0.0253 e. The second-order valence-electron chi connectivity index (χ2n) is 6.62. The van der Waals surface area contributed by atoms with Crippen molar-refractivity contribution in [3.63, 3.8) is 0 Å². The molecule has 0 radical (unpaired) electrons. The molecule has 3 aromatic rings. The summed E-state index contributed by atoms with van der Waals surface area (Å²) in [6, 6.07) is 29.6. The minimum absolute atomic E-state index is 0.0587. The van der Waals surface area contributed by atoms with Gasteiger partial charge in [-0.05, 0) is 35.1 Å². The lowest BCUT2D eigenvalue weighted by atomic mass is 9.71. The van der Waals surface area contributed by atoms with E-state index in [1.165, 1.54) is 22.9 Å². The Kier molecular flexibility index (Phi) is 4.90. The number of nitrogens with one attached hydrogen (secondary N) is 1. The molecule has 1 heteroatoms. The molecule has 0 bridgehead atoms. The lowest BCUT2D eigenvalue weighted by molar-refractivity contribution is 0.465. The molecule has 0 unspecified atom stereocenters. The summed E-state index contributed by atoms with van der Waals surface area (Å²) in [5.41, 5.74) is 4.85. The van der Waals surface area contributed by atoms with Gasteiger partial charge < -0.3 is 5.41 Å². The molecule has 0 amide bonds. The zero-order valence-electron chi connectivity index (χ0n) is 14.1. The molecule has 1 N–H and O–H groups in total. The fourth-order valence-electron chi connectivity index (χ4n) is 3.52. The molecule has 0 spiro atoms. The normalized spacial score (nSPS) is 11.2. The van der Waals surface area contributed by atoms with Crippen molar-refractivity contribution in [2.24, 2.45) is 0 Å². The predicted octanol–water partition coefficient (Wildman–Crippen LogP) is 5.43. The van der Waals surface area contributed by atoms with Crippen LogP contribution in [0.1, 0.15) is 29.2 Å². The first kappa shape index (κ1) is 16.2. The molecule has 0 fully saturated rings. The van der Waals surface area contributed by atoms with E-state index in [1.54, 1.807) is 0 Å². The van der Waals surface area contributed by atoms with E-state index in [4.69, 9.17) is 5.41 Å². The summed E-state index contributed by atoms with van der Waals surface area (Å²) in [4.78, 5) is 0. The third-order valence-electron chi connectivity index (χ3n) is 4.64. The fraction of sp³-hybridized carbons (Fsp3) is 0.174. The van der Waals surface area contributed by atoms with Gasteiger partial charge in [0, 0.05) is 11.6 Å². The van der Waals surface area contributed by atoms with Crippen molar-refractivity contribution in [1.82, 2.24) is 0 Å². The van der Waals surface area contributed by atoms with Gasteiger partial charge in [-0.2, -0.15) is 0 Å². The predicted molar refractivity (Wildman–Crippen MR) is 102 cm³/mol. The molecule has 0 heterocycles. The van der Waals surface area contributed by atoms with E-state index in [-0.39, 0.29) is 5.41 Å². The topological polar surface area (TPSA) is 23.9 Å². The van der Waals surface area contributed by atoms with Crippen molar-refractivity contribution < 1.29 is 0 Å². The summed E-state index contributed by atoms with van der Waals surface area (Å²) < 4.78 is 0. The average Bonchev–Trinajstić information content (AvgIpc) is 2.63. The number of hydrogen-bond acceptors (Lipinski definition) is 1. The molecule has 0 aromatic heterocycles. The van der Waals surface area contributed by atoms with E-state index in [1.807, 2.05) is 12.1 Å². The zero-order valence-corrected chi connectivity index (χ0v) is 14.1. The van der Waals surface area contributed by atoms with Crippen LogP contribution in [-0.2, 0) is 18.3 Å². The minimum Gasteiger partial charge on any atom is -0.308 e. The molecule has 1 nitrogen and oxygen atoms in total. The van der Waals surface area contributed by atoms with E-state index in [0.29, 0.717) is 0 Å². The minimum atomic E-state index is -0.0587. The van der Waals surface area contributed by atoms with Crippen LogP contribution in [0.15, 0.2) is 84.9 Å². The SMILES string of the molecule is CC(Cc1ccccc1)(Cc1ccccc1)c1ccccc1C=N. The largest absolute Gasteiger partial charge is 0.308 e. The van der Waals surface area contributed by atoms with E-state index >= 15 is 0 Å². The monoisotopic (exact) mass is 313 g/mol. The number of benzene rings is 3. The maximum absolute atomic E-state index is 7.80. The van der Waals surface area contributed by atoms with Crippen LogP contribution in [0.4, 0.5) is 0 Å². The third-order valence-corrected chi connectivity index (χ3v) is 4.64. The molecule has 3 rings (SSSR count). The molecule has 0 atom stereocenters. The first-order chi connectivity index (χ1) is 11.7. The Bertz CT molecular complexity index is 749. The lowest BCUT2D eigenvalue weighted by Gasteiger charge is -2.32. The molecule has 0 aliphatic carbocycles. The Morgan fingerprint density at radius 1 is 0.708 bits per heavy atom. The second kappa shape index (κ2) is 7.27. The van der Waals surface area contributed by atoms with Crippen molar-refractivity contribution in [2.45, 2.75) is 25.2 Å². The standard InChI is InChI=1S/C23H23N/c1-23(16-19-10-4-2-5-11-19,17-20-12-6-3-7-13-20)22-15-9-8-14-21(22)18-24/h2-15,18,24H,16-17H2,1H3. The van der Waals surface area contributed by atoms with Crippen LogP contribution < -0.4 is 0 Å². The van der Waals surface area contributed by atoms with Crippen LogP contribution in [0.5, 0.6) is 0 Å². The summed E-state index contributed by atoms with van der Waals surface area (Å²) in [6.07, 6.45) is 3.38. The van der Waals surface area contributed by atoms with Crippen molar-refractivity contribution >= 4 is 6.21 Å². The molecule has 0 saturated carbocycles. The highest BCUT2D eigenvalue weighted by atomic mass is 14.4. The summed E-state index contributed by atoms with van der Waals surface area (Å²) in [6.45, 7) is 2.31. The van der Waals surface area contributed by atoms with Crippen molar-refractivity contribution in [2.75, 3.05) is 0 Å². The summed E-state index contributed by atoms with van der Waals surface area (Å²) in [7, 11) is 0. The molecule has 0 aliphatic rings. The van der Waals surface area contributed by atoms with Crippen LogP contribution in [0.25, 0.3) is 0 Å². The van der Waals surface area contributed by atoms with E-state index in [2.05, 4.69) is 79.7 Å². The highest BCUT2D eigenvalue weighted by Gasteiger charge is 2.29.